The van der Waals surface area contributed by atoms with Crippen molar-refractivity contribution in [1.82, 2.24) is 0 Å². The van der Waals surface area contributed by atoms with E-state index >= 15 is 0 Å². The zero-order valence-electron chi connectivity index (χ0n) is 8.69. The van der Waals surface area contributed by atoms with Gasteiger partial charge in [-0.2, -0.15) is 0 Å². The van der Waals surface area contributed by atoms with E-state index in [-0.39, 0.29) is 18.1 Å². The Morgan fingerprint density at radius 1 is 1.38 bits per heavy atom. The monoisotopic (exact) mass is 220 g/mol. The number of aliphatic hydroxyl groups is 2. The molecule has 2 aliphatic carbocycles. The van der Waals surface area contributed by atoms with Gasteiger partial charge in [0.25, 0.3) is 0 Å². The summed E-state index contributed by atoms with van der Waals surface area (Å²) in [4.78, 5) is 11.3. The fourth-order valence-electron chi connectivity index (χ4n) is 2.63. The van der Waals surface area contributed by atoms with Gasteiger partial charge in [0, 0.05) is 6.42 Å². The maximum absolute atomic E-state index is 11.3. The van der Waals surface area contributed by atoms with E-state index in [0.29, 0.717) is 19.4 Å². The number of ketones is 1. The lowest BCUT2D eigenvalue weighted by Gasteiger charge is -2.30. The number of fused-ring (bicyclic) bond motifs is 2. The smallest absolute Gasteiger partial charge is 0.220 e. The van der Waals surface area contributed by atoms with Gasteiger partial charge in [0.05, 0.1) is 13.2 Å². The van der Waals surface area contributed by atoms with Gasteiger partial charge in [-0.05, 0) is 35.3 Å². The van der Waals surface area contributed by atoms with Crippen molar-refractivity contribution in [2.24, 2.45) is 0 Å². The van der Waals surface area contributed by atoms with Crippen LogP contribution in [-0.4, -0.2) is 34.8 Å². The van der Waals surface area contributed by atoms with E-state index < -0.39 is 5.60 Å². The van der Waals surface area contributed by atoms with E-state index in [9.17, 15) is 15.0 Å². The molecule has 0 aromatic rings. The van der Waals surface area contributed by atoms with Gasteiger partial charge < -0.3 is 14.9 Å². The van der Waals surface area contributed by atoms with Crippen LogP contribution in [0.1, 0.15) is 12.8 Å². The summed E-state index contributed by atoms with van der Waals surface area (Å²) in [6, 6.07) is 0. The predicted molar refractivity (Wildman–Crippen MR) is 55.8 cm³/mol. The molecule has 0 saturated carbocycles. The molecule has 4 nitrogen and oxygen atoms in total. The Morgan fingerprint density at radius 3 is 3.00 bits per heavy atom. The average molecular weight is 220 g/mol. The summed E-state index contributed by atoms with van der Waals surface area (Å²) in [5.74, 6) is -0.635. The highest BCUT2D eigenvalue weighted by molar-refractivity contribution is 6.05. The molecule has 0 aromatic heterocycles. The lowest BCUT2D eigenvalue weighted by molar-refractivity contribution is -0.113. The van der Waals surface area contributed by atoms with E-state index in [1.165, 1.54) is 12.2 Å². The Hall–Kier alpha value is -1.39. The Labute approximate surface area is 92.5 Å². The highest BCUT2D eigenvalue weighted by Crippen LogP contribution is 2.45. The van der Waals surface area contributed by atoms with Gasteiger partial charge in [-0.1, -0.05) is 0 Å². The van der Waals surface area contributed by atoms with Crippen molar-refractivity contribution in [1.29, 1.82) is 0 Å². The normalized spacial score (nSPS) is 33.2. The molecule has 1 fully saturated rings. The third kappa shape index (κ3) is 1.20. The zero-order chi connectivity index (χ0) is 11.3. The van der Waals surface area contributed by atoms with E-state index in [0.717, 1.165) is 16.7 Å². The molecular formula is C12H12O4. The van der Waals surface area contributed by atoms with Crippen LogP contribution in [0.4, 0.5) is 0 Å². The Morgan fingerprint density at radius 2 is 2.19 bits per heavy atom. The van der Waals surface area contributed by atoms with Gasteiger partial charge >= 0.3 is 0 Å². The molecule has 1 atom stereocenters. The minimum Gasteiger partial charge on any atom is -0.504 e. The summed E-state index contributed by atoms with van der Waals surface area (Å²) in [7, 11) is 0. The number of carbonyl (C=O) groups excluding carboxylic acids is 1. The third-order valence-electron chi connectivity index (χ3n) is 3.39. The minimum absolute atomic E-state index is 0.248. The lowest BCUT2D eigenvalue weighted by atomic mass is 9.91. The second-order valence-corrected chi connectivity index (χ2v) is 4.47. The van der Waals surface area contributed by atoms with Crippen LogP contribution >= 0.6 is 0 Å². The topological polar surface area (TPSA) is 66.8 Å². The van der Waals surface area contributed by atoms with Crippen molar-refractivity contribution < 1.29 is 19.7 Å². The highest BCUT2D eigenvalue weighted by atomic mass is 16.5. The van der Waals surface area contributed by atoms with Crippen molar-refractivity contribution >= 4 is 5.78 Å². The first-order valence-corrected chi connectivity index (χ1v) is 5.30. The molecule has 1 unspecified atom stereocenters. The van der Waals surface area contributed by atoms with Crippen LogP contribution in [0.3, 0.4) is 0 Å². The molecule has 0 bridgehead atoms. The molecule has 3 rings (SSSR count). The maximum atomic E-state index is 11.3. The largest absolute Gasteiger partial charge is 0.504 e. The highest BCUT2D eigenvalue weighted by Gasteiger charge is 2.44. The second kappa shape index (κ2) is 3.06. The summed E-state index contributed by atoms with van der Waals surface area (Å²) < 4.78 is 5.27. The molecule has 3 aliphatic rings. The van der Waals surface area contributed by atoms with E-state index in [4.69, 9.17) is 4.74 Å². The fourth-order valence-corrected chi connectivity index (χ4v) is 2.63. The molecule has 0 aromatic carbocycles. The lowest BCUT2D eigenvalue weighted by Crippen LogP contribution is -2.38. The van der Waals surface area contributed by atoms with E-state index in [1.54, 1.807) is 0 Å². The summed E-state index contributed by atoms with van der Waals surface area (Å²) in [5.41, 5.74) is 1.55. The minimum atomic E-state index is -0.971. The standard InChI is InChI=1S/C12H12O4/c13-10-3-7-5-12(15)6-16-2-1-9(12)8(7)4-11(10)14/h3-4,14-15H,1-2,5-6H2. The molecule has 0 radical (unpaired) electrons. The number of hydrogen-bond donors (Lipinski definition) is 2. The number of aliphatic hydroxyl groups excluding tert-OH is 1. The number of ether oxygens (including phenoxy) is 1. The number of rotatable bonds is 0. The van der Waals surface area contributed by atoms with Gasteiger partial charge in [0.1, 0.15) is 5.60 Å². The van der Waals surface area contributed by atoms with Gasteiger partial charge in [-0.25, -0.2) is 0 Å². The molecule has 1 aliphatic heterocycles. The van der Waals surface area contributed by atoms with Crippen LogP contribution < -0.4 is 0 Å². The van der Waals surface area contributed by atoms with Gasteiger partial charge in [-0.15, -0.1) is 0 Å². The third-order valence-corrected chi connectivity index (χ3v) is 3.39. The molecule has 84 valence electrons. The van der Waals surface area contributed by atoms with Crippen molar-refractivity contribution in [3.05, 3.63) is 34.6 Å². The van der Waals surface area contributed by atoms with Crippen LogP contribution in [0.5, 0.6) is 0 Å². The second-order valence-electron chi connectivity index (χ2n) is 4.47. The molecule has 2 N–H and O–H groups in total. The SMILES string of the molecule is O=C1C=C2CC3(O)COCCC3=C2C=C1O. The summed E-state index contributed by atoms with van der Waals surface area (Å²) >= 11 is 0. The molecule has 0 amide bonds. The van der Waals surface area contributed by atoms with Crippen LogP contribution in [0.15, 0.2) is 34.6 Å². The molecule has 1 saturated heterocycles. The van der Waals surface area contributed by atoms with Gasteiger partial charge in [0.15, 0.2) is 5.76 Å². The molecule has 4 heteroatoms. The number of allylic oxidation sites excluding steroid dienone is 3. The molecule has 1 heterocycles. The van der Waals surface area contributed by atoms with Crippen molar-refractivity contribution in [3.63, 3.8) is 0 Å². The Kier molecular flexibility index (Phi) is 1.87. The first-order chi connectivity index (χ1) is 7.60. The summed E-state index contributed by atoms with van der Waals surface area (Å²) in [6.45, 7) is 0.850. The Bertz CT molecular complexity index is 469. The van der Waals surface area contributed by atoms with Crippen LogP contribution in [0, 0.1) is 0 Å². The average Bonchev–Trinajstić information content (AvgIpc) is 2.51. The predicted octanol–water partition coefficient (Wildman–Crippen LogP) is 0.789. The molecule has 16 heavy (non-hydrogen) atoms. The summed E-state index contributed by atoms with van der Waals surface area (Å²) in [6.07, 6.45) is 3.94. The number of carbonyl (C=O) groups is 1. The fraction of sp³-hybridized carbons (Fsp3) is 0.417. The van der Waals surface area contributed by atoms with Crippen LogP contribution in [-0.2, 0) is 9.53 Å². The maximum Gasteiger partial charge on any atom is 0.220 e. The van der Waals surface area contributed by atoms with Gasteiger partial charge in [0.2, 0.25) is 5.78 Å². The van der Waals surface area contributed by atoms with E-state index in [1.807, 2.05) is 0 Å². The first-order valence-electron chi connectivity index (χ1n) is 5.30. The Balaban J connectivity index is 2.14. The van der Waals surface area contributed by atoms with Crippen molar-refractivity contribution in [2.45, 2.75) is 18.4 Å². The van der Waals surface area contributed by atoms with Crippen LogP contribution in [0.25, 0.3) is 0 Å². The van der Waals surface area contributed by atoms with E-state index in [2.05, 4.69) is 0 Å². The number of hydrogen-bond acceptors (Lipinski definition) is 4. The molecule has 0 spiro atoms. The van der Waals surface area contributed by atoms with Crippen LogP contribution in [0.2, 0.25) is 0 Å². The zero-order valence-corrected chi connectivity index (χ0v) is 8.69. The summed E-state index contributed by atoms with van der Waals surface area (Å²) in [5, 5.41) is 19.8. The quantitative estimate of drug-likeness (QED) is 0.633. The molecular weight excluding hydrogens is 208 g/mol. The van der Waals surface area contributed by atoms with Crippen molar-refractivity contribution in [3.8, 4) is 0 Å². The first kappa shape index (κ1) is 9.81. The van der Waals surface area contributed by atoms with Gasteiger partial charge in [-0.3, -0.25) is 4.79 Å². The van der Waals surface area contributed by atoms with Crippen molar-refractivity contribution in [2.75, 3.05) is 13.2 Å².